The predicted molar refractivity (Wildman–Crippen MR) is 86.1 cm³/mol. The van der Waals surface area contributed by atoms with E-state index in [1.54, 1.807) is 11.8 Å². The van der Waals surface area contributed by atoms with Crippen molar-refractivity contribution in [3.05, 3.63) is 30.1 Å². The Bertz CT molecular complexity index is 482. The first kappa shape index (κ1) is 14.9. The van der Waals surface area contributed by atoms with Crippen LogP contribution in [0.4, 0.5) is 0 Å². The number of aromatic nitrogens is 1. The average molecular weight is 305 g/mol. The van der Waals surface area contributed by atoms with E-state index in [1.165, 1.54) is 12.0 Å². The van der Waals surface area contributed by atoms with Crippen molar-refractivity contribution in [2.75, 3.05) is 31.6 Å². The summed E-state index contributed by atoms with van der Waals surface area (Å²) in [6, 6.07) is 4.53. The van der Waals surface area contributed by atoms with Gasteiger partial charge in [-0.1, -0.05) is 6.07 Å². The average Bonchev–Trinajstić information content (AvgIpc) is 2.79. The molecular weight excluding hydrogens is 282 g/mol. The Morgan fingerprint density at radius 2 is 2.29 bits per heavy atom. The van der Waals surface area contributed by atoms with Gasteiger partial charge in [0.1, 0.15) is 0 Å². The zero-order chi connectivity index (χ0) is 14.7. The molecule has 0 N–H and O–H groups in total. The van der Waals surface area contributed by atoms with Gasteiger partial charge in [-0.2, -0.15) is 11.8 Å². The van der Waals surface area contributed by atoms with Crippen LogP contribution in [0.2, 0.25) is 0 Å². The highest BCUT2D eigenvalue weighted by molar-refractivity contribution is 7.99. The molecule has 4 nitrogen and oxygen atoms in total. The number of carbonyl (C=O) groups is 1. The second-order valence-corrected chi connectivity index (χ2v) is 7.00. The van der Waals surface area contributed by atoms with Crippen LogP contribution in [0, 0.1) is 5.92 Å². The Balaban J connectivity index is 1.67. The first-order valence-electron chi connectivity index (χ1n) is 7.66. The molecule has 0 aromatic carbocycles. The monoisotopic (exact) mass is 305 g/mol. The summed E-state index contributed by atoms with van der Waals surface area (Å²) in [5, 5.41) is 0. The molecule has 1 aromatic rings. The predicted octanol–water partition coefficient (Wildman–Crippen LogP) is 1.87. The lowest BCUT2D eigenvalue weighted by molar-refractivity contribution is -0.132. The quantitative estimate of drug-likeness (QED) is 0.851. The number of rotatable bonds is 4. The van der Waals surface area contributed by atoms with Gasteiger partial charge in [0, 0.05) is 44.6 Å². The molecule has 0 aliphatic carbocycles. The minimum Gasteiger partial charge on any atom is -0.337 e. The minimum absolute atomic E-state index is 0.320. The van der Waals surface area contributed by atoms with E-state index in [2.05, 4.69) is 20.9 Å². The lowest BCUT2D eigenvalue weighted by atomic mass is 9.95. The van der Waals surface area contributed by atoms with Crippen molar-refractivity contribution >= 4 is 17.7 Å². The van der Waals surface area contributed by atoms with Gasteiger partial charge in [0.2, 0.25) is 5.91 Å². The minimum atomic E-state index is 0.320. The highest BCUT2D eigenvalue weighted by atomic mass is 32.2. The fourth-order valence-corrected chi connectivity index (χ4v) is 3.98. The van der Waals surface area contributed by atoms with E-state index in [4.69, 9.17) is 0 Å². The third kappa shape index (κ3) is 3.58. The Hall–Kier alpha value is -1.07. The highest BCUT2D eigenvalue weighted by Gasteiger charge is 2.36. The molecule has 3 fully saturated rings. The van der Waals surface area contributed by atoms with E-state index in [1.807, 2.05) is 24.7 Å². The molecule has 4 rings (SSSR count). The van der Waals surface area contributed by atoms with Gasteiger partial charge in [-0.3, -0.25) is 14.7 Å². The number of nitrogens with zero attached hydrogens (tertiary/aromatic N) is 3. The molecule has 4 heterocycles. The molecule has 0 saturated carbocycles. The molecule has 3 aliphatic heterocycles. The largest absolute Gasteiger partial charge is 0.337 e. The third-order valence-corrected chi connectivity index (χ3v) is 5.04. The van der Waals surface area contributed by atoms with Crippen LogP contribution in [0.15, 0.2) is 24.5 Å². The lowest BCUT2D eigenvalue weighted by Crippen LogP contribution is -2.48. The topological polar surface area (TPSA) is 36.4 Å². The molecule has 114 valence electrons. The van der Waals surface area contributed by atoms with Crippen LogP contribution in [-0.4, -0.2) is 58.4 Å². The number of carbonyl (C=O) groups excluding carboxylic acids is 1. The number of thioether (sulfide) groups is 1. The number of amides is 1. The summed E-state index contributed by atoms with van der Waals surface area (Å²) in [7, 11) is 0. The van der Waals surface area contributed by atoms with Crippen molar-refractivity contribution in [1.29, 1.82) is 0 Å². The SMILES string of the molecule is CSCC(=O)N1C[C@H]2CC[C@@H]1CN(Cc1cccnc1)C2. The Kier molecular flexibility index (Phi) is 4.80. The molecular formula is C16H23N3OS. The van der Waals surface area contributed by atoms with Crippen LogP contribution >= 0.6 is 11.8 Å². The standard InChI is InChI=1S/C16H23N3OS/c1-21-12-16(20)19-10-14-4-5-15(19)11-18(9-14)8-13-3-2-6-17-7-13/h2-3,6-7,14-15H,4-5,8-12H2,1H3/t14-,15+/m0/s1. The van der Waals surface area contributed by atoms with Crippen LogP contribution in [0.1, 0.15) is 18.4 Å². The summed E-state index contributed by atoms with van der Waals surface area (Å²) in [6.07, 6.45) is 8.19. The van der Waals surface area contributed by atoms with Crippen molar-refractivity contribution in [3.8, 4) is 0 Å². The van der Waals surface area contributed by atoms with Gasteiger partial charge in [-0.05, 0) is 36.6 Å². The summed E-state index contributed by atoms with van der Waals surface area (Å²) in [6.45, 7) is 4.01. The van der Waals surface area contributed by atoms with Gasteiger partial charge < -0.3 is 4.90 Å². The number of piperidine rings is 1. The van der Waals surface area contributed by atoms with Crippen molar-refractivity contribution in [2.24, 2.45) is 5.92 Å². The van der Waals surface area contributed by atoms with Crippen molar-refractivity contribution < 1.29 is 4.79 Å². The first-order valence-corrected chi connectivity index (χ1v) is 9.05. The van der Waals surface area contributed by atoms with Crippen molar-refractivity contribution in [2.45, 2.75) is 25.4 Å². The Morgan fingerprint density at radius 3 is 3.05 bits per heavy atom. The maximum atomic E-state index is 12.3. The normalized spacial score (nSPS) is 25.9. The fraction of sp³-hybridized carbons (Fsp3) is 0.625. The van der Waals surface area contributed by atoms with E-state index in [9.17, 15) is 4.79 Å². The Labute approximate surface area is 130 Å². The van der Waals surface area contributed by atoms with Gasteiger partial charge in [0.25, 0.3) is 0 Å². The van der Waals surface area contributed by atoms with E-state index < -0.39 is 0 Å². The summed E-state index contributed by atoms with van der Waals surface area (Å²) in [4.78, 5) is 21.1. The lowest BCUT2D eigenvalue weighted by Gasteiger charge is -2.36. The maximum Gasteiger partial charge on any atom is 0.232 e. The molecule has 0 radical (unpaired) electrons. The molecule has 2 atom stereocenters. The van der Waals surface area contributed by atoms with Gasteiger partial charge in [0.15, 0.2) is 0 Å². The number of pyridine rings is 1. The van der Waals surface area contributed by atoms with Crippen LogP contribution in [-0.2, 0) is 11.3 Å². The first-order chi connectivity index (χ1) is 10.3. The van der Waals surface area contributed by atoms with Gasteiger partial charge in [-0.25, -0.2) is 0 Å². The zero-order valence-corrected chi connectivity index (χ0v) is 13.4. The van der Waals surface area contributed by atoms with E-state index >= 15 is 0 Å². The third-order valence-electron chi connectivity index (χ3n) is 4.51. The molecule has 1 aromatic heterocycles. The summed E-state index contributed by atoms with van der Waals surface area (Å²) in [5.74, 6) is 1.57. The molecule has 0 unspecified atom stereocenters. The van der Waals surface area contributed by atoms with Gasteiger partial charge in [-0.15, -0.1) is 0 Å². The summed E-state index contributed by atoms with van der Waals surface area (Å²) >= 11 is 1.63. The maximum absolute atomic E-state index is 12.3. The zero-order valence-electron chi connectivity index (χ0n) is 12.6. The van der Waals surface area contributed by atoms with Gasteiger partial charge in [0.05, 0.1) is 5.75 Å². The molecule has 1 amide bonds. The number of hydrogen-bond donors (Lipinski definition) is 0. The highest BCUT2D eigenvalue weighted by Crippen LogP contribution is 2.29. The number of hydrogen-bond acceptors (Lipinski definition) is 4. The van der Waals surface area contributed by atoms with Crippen LogP contribution in [0.25, 0.3) is 0 Å². The molecule has 2 bridgehead atoms. The molecule has 3 aliphatic rings. The smallest absolute Gasteiger partial charge is 0.232 e. The summed E-state index contributed by atoms with van der Waals surface area (Å²) in [5.41, 5.74) is 1.26. The van der Waals surface area contributed by atoms with Crippen molar-refractivity contribution in [1.82, 2.24) is 14.8 Å². The van der Waals surface area contributed by atoms with Crippen LogP contribution in [0.3, 0.4) is 0 Å². The van der Waals surface area contributed by atoms with Crippen LogP contribution in [0.5, 0.6) is 0 Å². The molecule has 3 saturated heterocycles. The molecule has 5 heteroatoms. The van der Waals surface area contributed by atoms with E-state index in [0.717, 1.165) is 32.6 Å². The second kappa shape index (κ2) is 6.79. The van der Waals surface area contributed by atoms with Crippen LogP contribution < -0.4 is 0 Å². The van der Waals surface area contributed by atoms with Crippen molar-refractivity contribution in [3.63, 3.8) is 0 Å². The summed E-state index contributed by atoms with van der Waals surface area (Å²) < 4.78 is 0. The van der Waals surface area contributed by atoms with Gasteiger partial charge >= 0.3 is 0 Å². The fourth-order valence-electron chi connectivity index (χ4n) is 3.57. The molecule has 21 heavy (non-hydrogen) atoms. The number of fused-ring (bicyclic) bond motifs is 4. The van der Waals surface area contributed by atoms with E-state index in [-0.39, 0.29) is 0 Å². The molecule has 0 spiro atoms. The van der Waals surface area contributed by atoms with E-state index in [0.29, 0.717) is 23.6 Å². The second-order valence-electron chi connectivity index (χ2n) is 6.13. The Morgan fingerprint density at radius 1 is 1.38 bits per heavy atom.